The molecule has 2 saturated heterocycles. The SMILES string of the molecule is CCOC[C@]12CC[C@H](O1)C(=O)C(c1cc(-c3ccc(Cl)cc3C)ccc1CC)C2=O. The van der Waals surface area contributed by atoms with Gasteiger partial charge in [-0.2, -0.15) is 0 Å². The molecule has 2 fully saturated rings. The number of benzene rings is 2. The predicted molar refractivity (Wildman–Crippen MR) is 117 cm³/mol. The Bertz CT molecular complexity index is 999. The van der Waals surface area contributed by atoms with Gasteiger partial charge in [0, 0.05) is 11.6 Å². The molecule has 0 saturated carbocycles. The van der Waals surface area contributed by atoms with Gasteiger partial charge in [0.25, 0.3) is 0 Å². The van der Waals surface area contributed by atoms with Gasteiger partial charge in [0.15, 0.2) is 17.2 Å². The molecule has 4 nitrogen and oxygen atoms in total. The molecule has 0 aromatic heterocycles. The van der Waals surface area contributed by atoms with Gasteiger partial charge in [-0.15, -0.1) is 0 Å². The molecule has 3 atom stereocenters. The first kappa shape index (κ1) is 21.2. The lowest BCUT2D eigenvalue weighted by Gasteiger charge is -2.36. The van der Waals surface area contributed by atoms with Gasteiger partial charge in [-0.05, 0) is 79.1 Å². The number of carbonyl (C=O) groups is 2. The Balaban J connectivity index is 1.80. The number of hydrogen-bond acceptors (Lipinski definition) is 4. The smallest absolute Gasteiger partial charge is 0.181 e. The van der Waals surface area contributed by atoms with Crippen molar-refractivity contribution in [3.05, 3.63) is 58.1 Å². The second-order valence-electron chi connectivity index (χ2n) is 8.20. The van der Waals surface area contributed by atoms with Crippen LogP contribution in [-0.4, -0.2) is 36.5 Å². The molecule has 2 aliphatic rings. The highest BCUT2D eigenvalue weighted by Crippen LogP contribution is 2.45. The van der Waals surface area contributed by atoms with Crippen molar-refractivity contribution in [3.63, 3.8) is 0 Å². The first-order chi connectivity index (χ1) is 14.4. The van der Waals surface area contributed by atoms with Crippen molar-refractivity contribution in [3.8, 4) is 11.1 Å². The van der Waals surface area contributed by atoms with Gasteiger partial charge in [-0.1, -0.05) is 36.7 Å². The van der Waals surface area contributed by atoms with Crippen LogP contribution in [0.3, 0.4) is 0 Å². The van der Waals surface area contributed by atoms with Crippen LogP contribution in [0.15, 0.2) is 36.4 Å². The highest BCUT2D eigenvalue weighted by molar-refractivity contribution is 6.30. The third-order valence-electron chi connectivity index (χ3n) is 6.37. The highest BCUT2D eigenvalue weighted by atomic mass is 35.5. The number of fused-ring (bicyclic) bond motifs is 2. The van der Waals surface area contributed by atoms with Crippen molar-refractivity contribution in [1.82, 2.24) is 0 Å². The molecule has 2 heterocycles. The van der Waals surface area contributed by atoms with E-state index < -0.39 is 17.6 Å². The summed E-state index contributed by atoms with van der Waals surface area (Å²) in [4.78, 5) is 26.8. The van der Waals surface area contributed by atoms with E-state index in [1.807, 2.05) is 51.1 Å². The van der Waals surface area contributed by atoms with E-state index in [9.17, 15) is 9.59 Å². The molecule has 2 aliphatic heterocycles. The zero-order chi connectivity index (χ0) is 21.5. The normalized spacial score (nSPS) is 25.7. The third kappa shape index (κ3) is 3.51. The Kier molecular flexibility index (Phi) is 5.84. The van der Waals surface area contributed by atoms with Gasteiger partial charge >= 0.3 is 0 Å². The molecule has 0 spiro atoms. The van der Waals surface area contributed by atoms with Crippen LogP contribution in [0.25, 0.3) is 11.1 Å². The predicted octanol–water partition coefficient (Wildman–Crippen LogP) is 5.07. The first-order valence-corrected chi connectivity index (χ1v) is 11.0. The van der Waals surface area contributed by atoms with Crippen molar-refractivity contribution >= 4 is 23.2 Å². The van der Waals surface area contributed by atoms with Gasteiger partial charge in [-0.25, -0.2) is 0 Å². The summed E-state index contributed by atoms with van der Waals surface area (Å²) in [6.45, 7) is 6.67. The number of Topliss-reactive ketones (excluding diaryl/α,β-unsaturated/α-hetero) is 2. The zero-order valence-corrected chi connectivity index (χ0v) is 18.4. The van der Waals surface area contributed by atoms with Crippen molar-refractivity contribution in [2.75, 3.05) is 13.2 Å². The highest BCUT2D eigenvalue weighted by Gasteiger charge is 2.58. The number of rotatable bonds is 6. The van der Waals surface area contributed by atoms with E-state index in [2.05, 4.69) is 6.07 Å². The number of ketones is 2. The van der Waals surface area contributed by atoms with E-state index in [1.165, 1.54) is 0 Å². The van der Waals surface area contributed by atoms with Crippen LogP contribution in [0.1, 0.15) is 49.3 Å². The van der Waals surface area contributed by atoms with E-state index in [-0.39, 0.29) is 18.2 Å². The van der Waals surface area contributed by atoms with Crippen molar-refractivity contribution in [1.29, 1.82) is 0 Å². The van der Waals surface area contributed by atoms with E-state index in [4.69, 9.17) is 21.1 Å². The Hall–Kier alpha value is -2.01. The average molecular weight is 427 g/mol. The number of ether oxygens (including phenoxy) is 2. The summed E-state index contributed by atoms with van der Waals surface area (Å²) in [5.74, 6) is -1.08. The lowest BCUT2D eigenvalue weighted by Crippen LogP contribution is -2.53. The molecule has 0 N–H and O–H groups in total. The Morgan fingerprint density at radius 2 is 1.97 bits per heavy atom. The van der Waals surface area contributed by atoms with Gasteiger partial charge in [0.1, 0.15) is 12.0 Å². The standard InChI is InChI=1S/C25H27ClO4/c1-4-16-6-7-17(19-9-8-18(26)12-15(19)3)13-20(16)22-23(27)21-10-11-25(30-21,24(22)28)14-29-5-2/h6-9,12-13,21-22H,4-5,10-11,14H2,1-3H3/t21-,22?,25-/m0/s1. The monoisotopic (exact) mass is 426 g/mol. The molecule has 5 heteroatoms. The maximum Gasteiger partial charge on any atom is 0.181 e. The molecule has 30 heavy (non-hydrogen) atoms. The molecule has 158 valence electrons. The van der Waals surface area contributed by atoms with Crippen LogP contribution in [0.2, 0.25) is 5.02 Å². The second kappa shape index (κ2) is 8.26. The van der Waals surface area contributed by atoms with E-state index in [0.29, 0.717) is 24.5 Å². The lowest BCUT2D eigenvalue weighted by molar-refractivity contribution is -0.170. The molecule has 0 amide bonds. The van der Waals surface area contributed by atoms with Crippen LogP contribution in [-0.2, 0) is 25.5 Å². The maximum atomic E-state index is 13.6. The van der Waals surface area contributed by atoms with Crippen LogP contribution in [0.5, 0.6) is 0 Å². The fraction of sp³-hybridized carbons (Fsp3) is 0.440. The number of carbonyl (C=O) groups excluding carboxylic acids is 2. The summed E-state index contributed by atoms with van der Waals surface area (Å²) in [6.07, 6.45) is 1.33. The Morgan fingerprint density at radius 1 is 1.17 bits per heavy atom. The summed E-state index contributed by atoms with van der Waals surface area (Å²) < 4.78 is 11.5. The summed E-state index contributed by atoms with van der Waals surface area (Å²) >= 11 is 6.12. The molecule has 2 bridgehead atoms. The molecule has 1 unspecified atom stereocenters. The van der Waals surface area contributed by atoms with Gasteiger partial charge in [-0.3, -0.25) is 9.59 Å². The Morgan fingerprint density at radius 3 is 2.67 bits per heavy atom. The van der Waals surface area contributed by atoms with E-state index in [1.54, 1.807) is 0 Å². The van der Waals surface area contributed by atoms with Gasteiger partial charge in [0.2, 0.25) is 0 Å². The van der Waals surface area contributed by atoms with Crippen LogP contribution < -0.4 is 0 Å². The number of halogens is 1. The summed E-state index contributed by atoms with van der Waals surface area (Å²) in [5.41, 5.74) is 3.89. The third-order valence-corrected chi connectivity index (χ3v) is 6.60. The van der Waals surface area contributed by atoms with Crippen LogP contribution in [0.4, 0.5) is 0 Å². The fourth-order valence-corrected chi connectivity index (χ4v) is 4.98. The molecule has 0 radical (unpaired) electrons. The van der Waals surface area contributed by atoms with Crippen LogP contribution >= 0.6 is 11.6 Å². The minimum absolute atomic E-state index is 0.121. The van der Waals surface area contributed by atoms with Gasteiger partial charge in [0.05, 0.1) is 6.61 Å². The molecular formula is C25H27ClO4. The van der Waals surface area contributed by atoms with Crippen molar-refractivity contribution < 1.29 is 19.1 Å². The minimum atomic E-state index is -1.00. The minimum Gasteiger partial charge on any atom is -0.378 e. The topological polar surface area (TPSA) is 52.6 Å². The van der Waals surface area contributed by atoms with Crippen molar-refractivity contribution in [2.45, 2.75) is 57.7 Å². The zero-order valence-electron chi connectivity index (χ0n) is 17.7. The number of aryl methyl sites for hydroxylation is 2. The average Bonchev–Trinajstić information content (AvgIpc) is 3.14. The quantitative estimate of drug-likeness (QED) is 0.605. The molecule has 0 aliphatic carbocycles. The summed E-state index contributed by atoms with van der Waals surface area (Å²) in [5, 5.41) is 0.686. The summed E-state index contributed by atoms with van der Waals surface area (Å²) in [6, 6.07) is 11.9. The summed E-state index contributed by atoms with van der Waals surface area (Å²) in [7, 11) is 0. The largest absolute Gasteiger partial charge is 0.378 e. The fourth-order valence-electron chi connectivity index (χ4n) is 4.76. The molecule has 2 aromatic rings. The number of hydrogen-bond donors (Lipinski definition) is 0. The van der Waals surface area contributed by atoms with Crippen LogP contribution in [0, 0.1) is 6.92 Å². The second-order valence-corrected chi connectivity index (χ2v) is 8.64. The van der Waals surface area contributed by atoms with Crippen molar-refractivity contribution in [2.24, 2.45) is 0 Å². The molecular weight excluding hydrogens is 400 g/mol. The molecule has 4 rings (SSSR count). The first-order valence-electron chi connectivity index (χ1n) is 10.6. The lowest BCUT2D eigenvalue weighted by atomic mass is 9.78. The molecule has 2 aromatic carbocycles. The van der Waals surface area contributed by atoms with E-state index in [0.717, 1.165) is 34.2 Å². The van der Waals surface area contributed by atoms with E-state index >= 15 is 0 Å². The Labute approximate surface area is 182 Å². The van der Waals surface area contributed by atoms with Gasteiger partial charge < -0.3 is 9.47 Å². The maximum absolute atomic E-state index is 13.6.